The molecule has 0 aromatic heterocycles. The van der Waals surface area contributed by atoms with Crippen LogP contribution in [-0.2, 0) is 14.3 Å². The van der Waals surface area contributed by atoms with Crippen LogP contribution in [0.15, 0.2) is 0 Å². The van der Waals surface area contributed by atoms with Gasteiger partial charge in [0.2, 0.25) is 0 Å². The number of carbonyl (C=O) groups excluding carboxylic acids is 1. The Balaban J connectivity index is 2.23. The molecule has 1 aliphatic rings. The summed E-state index contributed by atoms with van der Waals surface area (Å²) in [5.41, 5.74) is 0. The molecule has 0 N–H and O–H groups in total. The normalized spacial score (nSPS) is 26.1. The highest BCUT2D eigenvalue weighted by Gasteiger charge is 2.31. The fourth-order valence-corrected chi connectivity index (χ4v) is 2.12. The van der Waals surface area contributed by atoms with Gasteiger partial charge in [0, 0.05) is 18.9 Å². The minimum atomic E-state index is 0.160. The van der Waals surface area contributed by atoms with Crippen LogP contribution in [0.25, 0.3) is 0 Å². The number of hydrogen-bond donors (Lipinski definition) is 0. The van der Waals surface area contributed by atoms with E-state index in [4.69, 9.17) is 9.47 Å². The number of methoxy groups -OCH3 is 1. The molecule has 88 valence electrons. The SMILES string of the molecule is COCCOC1CCC(C(=O)C(C)C)C1. The van der Waals surface area contributed by atoms with E-state index in [1.807, 2.05) is 13.8 Å². The third kappa shape index (κ3) is 3.92. The topological polar surface area (TPSA) is 35.5 Å². The zero-order chi connectivity index (χ0) is 11.3. The van der Waals surface area contributed by atoms with Gasteiger partial charge >= 0.3 is 0 Å². The summed E-state index contributed by atoms with van der Waals surface area (Å²) in [5.74, 6) is 0.790. The van der Waals surface area contributed by atoms with Crippen molar-refractivity contribution in [3.05, 3.63) is 0 Å². The van der Waals surface area contributed by atoms with E-state index in [1.165, 1.54) is 0 Å². The maximum Gasteiger partial charge on any atom is 0.138 e. The lowest BCUT2D eigenvalue weighted by Gasteiger charge is -2.13. The van der Waals surface area contributed by atoms with Gasteiger partial charge < -0.3 is 9.47 Å². The van der Waals surface area contributed by atoms with Crippen molar-refractivity contribution in [2.24, 2.45) is 11.8 Å². The zero-order valence-electron chi connectivity index (χ0n) is 9.99. The van der Waals surface area contributed by atoms with Gasteiger partial charge in [-0.3, -0.25) is 4.79 Å². The Kier molecular flexibility index (Phi) is 5.26. The number of rotatable bonds is 6. The second-order valence-electron chi connectivity index (χ2n) is 4.55. The van der Waals surface area contributed by atoms with Crippen molar-refractivity contribution >= 4 is 5.78 Å². The van der Waals surface area contributed by atoms with Crippen LogP contribution in [0.5, 0.6) is 0 Å². The van der Waals surface area contributed by atoms with Crippen LogP contribution in [0.1, 0.15) is 33.1 Å². The summed E-state index contributed by atoms with van der Waals surface area (Å²) in [6.07, 6.45) is 3.19. The average molecular weight is 214 g/mol. The smallest absolute Gasteiger partial charge is 0.138 e. The third-order valence-corrected chi connectivity index (χ3v) is 3.00. The summed E-state index contributed by atoms with van der Waals surface area (Å²) in [5, 5.41) is 0. The standard InChI is InChI=1S/C12H22O3/c1-9(2)12(13)10-4-5-11(8-10)15-7-6-14-3/h9-11H,4-8H2,1-3H3. The van der Waals surface area contributed by atoms with Gasteiger partial charge in [-0.2, -0.15) is 0 Å². The van der Waals surface area contributed by atoms with Crippen LogP contribution in [0, 0.1) is 11.8 Å². The van der Waals surface area contributed by atoms with Crippen LogP contribution in [0.3, 0.4) is 0 Å². The van der Waals surface area contributed by atoms with Crippen molar-refractivity contribution in [3.63, 3.8) is 0 Å². The van der Waals surface area contributed by atoms with Crippen LogP contribution in [0.2, 0.25) is 0 Å². The number of ketones is 1. The average Bonchev–Trinajstić information content (AvgIpc) is 2.65. The van der Waals surface area contributed by atoms with E-state index >= 15 is 0 Å². The molecular weight excluding hydrogens is 192 g/mol. The summed E-state index contributed by atoms with van der Waals surface area (Å²) in [6, 6.07) is 0. The first-order chi connectivity index (χ1) is 7.15. The molecule has 2 unspecified atom stereocenters. The Bertz CT molecular complexity index is 201. The fraction of sp³-hybridized carbons (Fsp3) is 0.917. The molecule has 1 fully saturated rings. The van der Waals surface area contributed by atoms with E-state index in [9.17, 15) is 4.79 Å². The Hall–Kier alpha value is -0.410. The van der Waals surface area contributed by atoms with E-state index in [0.717, 1.165) is 19.3 Å². The lowest BCUT2D eigenvalue weighted by atomic mass is 9.94. The first kappa shape index (κ1) is 12.7. The number of hydrogen-bond acceptors (Lipinski definition) is 3. The summed E-state index contributed by atoms with van der Waals surface area (Å²) in [4.78, 5) is 11.7. The van der Waals surface area contributed by atoms with Gasteiger partial charge in [0.15, 0.2) is 0 Å². The van der Waals surface area contributed by atoms with Crippen molar-refractivity contribution in [2.75, 3.05) is 20.3 Å². The van der Waals surface area contributed by atoms with Gasteiger partial charge in [-0.05, 0) is 19.3 Å². The second-order valence-corrected chi connectivity index (χ2v) is 4.55. The molecule has 0 heterocycles. The van der Waals surface area contributed by atoms with Crippen molar-refractivity contribution in [3.8, 4) is 0 Å². The molecule has 0 aromatic rings. The molecule has 0 aliphatic heterocycles. The Morgan fingerprint density at radius 2 is 2.07 bits per heavy atom. The van der Waals surface area contributed by atoms with Gasteiger partial charge in [0.25, 0.3) is 0 Å². The van der Waals surface area contributed by atoms with E-state index in [-0.39, 0.29) is 17.9 Å². The van der Waals surface area contributed by atoms with Crippen LogP contribution < -0.4 is 0 Å². The summed E-state index contributed by atoms with van der Waals surface area (Å²) in [7, 11) is 1.67. The Labute approximate surface area is 92.1 Å². The minimum absolute atomic E-state index is 0.160. The molecule has 0 saturated heterocycles. The van der Waals surface area contributed by atoms with Crippen molar-refractivity contribution in [2.45, 2.75) is 39.2 Å². The molecule has 0 bridgehead atoms. The van der Waals surface area contributed by atoms with Crippen molar-refractivity contribution in [1.82, 2.24) is 0 Å². The second kappa shape index (κ2) is 6.23. The molecular formula is C12H22O3. The maximum absolute atomic E-state index is 11.7. The van der Waals surface area contributed by atoms with Crippen LogP contribution in [-0.4, -0.2) is 32.2 Å². The molecule has 0 amide bonds. The molecule has 3 nitrogen and oxygen atoms in total. The van der Waals surface area contributed by atoms with Gasteiger partial charge in [-0.25, -0.2) is 0 Å². The molecule has 1 rings (SSSR count). The van der Waals surface area contributed by atoms with E-state index in [2.05, 4.69) is 0 Å². The molecule has 0 radical (unpaired) electrons. The van der Waals surface area contributed by atoms with E-state index in [0.29, 0.717) is 19.0 Å². The predicted molar refractivity (Wildman–Crippen MR) is 58.8 cm³/mol. The van der Waals surface area contributed by atoms with Crippen molar-refractivity contribution in [1.29, 1.82) is 0 Å². The van der Waals surface area contributed by atoms with Crippen LogP contribution >= 0.6 is 0 Å². The maximum atomic E-state index is 11.7. The first-order valence-electron chi connectivity index (χ1n) is 5.79. The molecule has 2 atom stereocenters. The van der Waals surface area contributed by atoms with E-state index in [1.54, 1.807) is 7.11 Å². The van der Waals surface area contributed by atoms with Gasteiger partial charge in [-0.15, -0.1) is 0 Å². The highest BCUT2D eigenvalue weighted by Crippen LogP contribution is 2.30. The lowest BCUT2D eigenvalue weighted by molar-refractivity contribution is -0.126. The predicted octanol–water partition coefficient (Wildman–Crippen LogP) is 2.04. The minimum Gasteiger partial charge on any atom is -0.382 e. The Morgan fingerprint density at radius 1 is 1.33 bits per heavy atom. The van der Waals surface area contributed by atoms with Gasteiger partial charge in [0.1, 0.15) is 5.78 Å². The fourth-order valence-electron chi connectivity index (χ4n) is 2.12. The summed E-state index contributed by atoms with van der Waals surface area (Å²) >= 11 is 0. The summed E-state index contributed by atoms with van der Waals surface area (Å²) < 4.78 is 10.5. The first-order valence-corrected chi connectivity index (χ1v) is 5.79. The molecule has 1 saturated carbocycles. The third-order valence-electron chi connectivity index (χ3n) is 3.00. The van der Waals surface area contributed by atoms with Gasteiger partial charge in [0.05, 0.1) is 19.3 Å². The Morgan fingerprint density at radius 3 is 2.67 bits per heavy atom. The van der Waals surface area contributed by atoms with E-state index < -0.39 is 0 Å². The quantitative estimate of drug-likeness (QED) is 0.635. The van der Waals surface area contributed by atoms with Gasteiger partial charge in [-0.1, -0.05) is 13.8 Å². The highest BCUT2D eigenvalue weighted by molar-refractivity contribution is 5.83. The number of Topliss-reactive ketones (excluding diaryl/α,β-unsaturated/α-hetero) is 1. The van der Waals surface area contributed by atoms with Crippen molar-refractivity contribution < 1.29 is 14.3 Å². The molecule has 1 aliphatic carbocycles. The van der Waals surface area contributed by atoms with Crippen LogP contribution in [0.4, 0.5) is 0 Å². The largest absolute Gasteiger partial charge is 0.382 e. The lowest BCUT2D eigenvalue weighted by Crippen LogP contribution is -2.19. The monoisotopic (exact) mass is 214 g/mol. The highest BCUT2D eigenvalue weighted by atomic mass is 16.5. The molecule has 0 spiro atoms. The number of ether oxygens (including phenoxy) is 2. The molecule has 0 aromatic carbocycles. The zero-order valence-corrected chi connectivity index (χ0v) is 9.99. The summed E-state index contributed by atoms with van der Waals surface area (Å²) in [6.45, 7) is 5.23. The molecule has 3 heteroatoms. The number of carbonyl (C=O) groups is 1. The molecule has 15 heavy (non-hydrogen) atoms.